The molecule has 100 valence electrons. The van der Waals surface area contributed by atoms with Crippen LogP contribution in [0.4, 0.5) is 13.2 Å². The highest BCUT2D eigenvalue weighted by atomic mass is 19.4. The highest BCUT2D eigenvalue weighted by Crippen LogP contribution is 2.48. The second-order valence-corrected chi connectivity index (χ2v) is 4.79. The Labute approximate surface area is 107 Å². The number of carbonyl (C=O) groups is 1. The Balaban J connectivity index is 2.41. The summed E-state index contributed by atoms with van der Waals surface area (Å²) in [4.78, 5) is 10.9. The maximum Gasteiger partial charge on any atom is 0.416 e. The fourth-order valence-electron chi connectivity index (χ4n) is 1.95. The molecular weight excluding hydrogens is 259 g/mol. The first kappa shape index (κ1) is 13.4. The molecule has 0 amide bonds. The fourth-order valence-corrected chi connectivity index (χ4v) is 1.95. The summed E-state index contributed by atoms with van der Waals surface area (Å²) in [6.45, 7) is 0. The predicted molar refractivity (Wildman–Crippen MR) is 59.4 cm³/mol. The number of hydrogen-bond acceptors (Lipinski definition) is 2. The van der Waals surface area contributed by atoms with Gasteiger partial charge < -0.3 is 5.11 Å². The summed E-state index contributed by atoms with van der Waals surface area (Å²) in [6, 6.07) is 4.81. The molecule has 19 heavy (non-hydrogen) atoms. The quantitative estimate of drug-likeness (QED) is 0.916. The van der Waals surface area contributed by atoms with Crippen LogP contribution in [0.1, 0.15) is 34.3 Å². The van der Waals surface area contributed by atoms with Crippen LogP contribution >= 0.6 is 0 Å². The molecule has 0 bridgehead atoms. The van der Waals surface area contributed by atoms with Crippen LogP contribution in [0.2, 0.25) is 0 Å². The van der Waals surface area contributed by atoms with Crippen LogP contribution in [-0.2, 0) is 12.6 Å². The van der Waals surface area contributed by atoms with E-state index in [-0.39, 0.29) is 12.0 Å². The average Bonchev–Trinajstić information content (AvgIpc) is 3.08. The van der Waals surface area contributed by atoms with E-state index in [1.54, 1.807) is 0 Å². The van der Waals surface area contributed by atoms with Gasteiger partial charge in [0.1, 0.15) is 0 Å². The number of carboxylic acid groups (broad SMARTS) is 1. The van der Waals surface area contributed by atoms with Crippen LogP contribution in [0.25, 0.3) is 0 Å². The first-order valence-corrected chi connectivity index (χ1v) is 5.61. The summed E-state index contributed by atoms with van der Waals surface area (Å²) in [5.74, 6) is -1.41. The van der Waals surface area contributed by atoms with Gasteiger partial charge in [0.05, 0.1) is 22.6 Å². The van der Waals surface area contributed by atoms with Crippen molar-refractivity contribution in [1.29, 1.82) is 5.26 Å². The third-order valence-electron chi connectivity index (χ3n) is 3.20. The smallest absolute Gasteiger partial charge is 0.416 e. The number of nitrogens with zero attached hydrogens (tertiary/aromatic N) is 1. The summed E-state index contributed by atoms with van der Waals surface area (Å²) in [6.07, 6.45) is -3.15. The second-order valence-electron chi connectivity index (χ2n) is 4.79. The van der Waals surface area contributed by atoms with Crippen LogP contribution in [0, 0.1) is 16.7 Å². The monoisotopic (exact) mass is 269 g/mol. The van der Waals surface area contributed by atoms with Gasteiger partial charge in [0, 0.05) is 0 Å². The number of alkyl halides is 3. The normalized spacial score (nSPS) is 16.7. The molecule has 0 aliphatic heterocycles. The van der Waals surface area contributed by atoms with Crippen LogP contribution in [0.15, 0.2) is 18.2 Å². The predicted octanol–water partition coefficient (Wildman–Crippen LogP) is 3.25. The maximum atomic E-state index is 12.7. The lowest BCUT2D eigenvalue weighted by atomic mass is 9.95. The summed E-state index contributed by atoms with van der Waals surface area (Å²) >= 11 is 0. The lowest BCUT2D eigenvalue weighted by Crippen LogP contribution is -2.10. The molecule has 3 nitrogen and oxygen atoms in total. The molecule has 1 aliphatic carbocycles. The van der Waals surface area contributed by atoms with Gasteiger partial charge in [-0.15, -0.1) is 0 Å². The van der Waals surface area contributed by atoms with Gasteiger partial charge in [0.25, 0.3) is 0 Å². The van der Waals surface area contributed by atoms with Gasteiger partial charge in [-0.1, -0.05) is 0 Å². The summed E-state index contributed by atoms with van der Waals surface area (Å²) < 4.78 is 38.1. The van der Waals surface area contributed by atoms with Crippen molar-refractivity contribution in [1.82, 2.24) is 0 Å². The Morgan fingerprint density at radius 2 is 2.00 bits per heavy atom. The van der Waals surface area contributed by atoms with Crippen molar-refractivity contribution in [2.24, 2.45) is 5.41 Å². The number of carboxylic acids is 1. The molecule has 6 heteroatoms. The molecule has 1 fully saturated rings. The number of hydrogen-bond donors (Lipinski definition) is 1. The van der Waals surface area contributed by atoms with E-state index in [1.807, 2.05) is 0 Å². The van der Waals surface area contributed by atoms with Gasteiger partial charge in [-0.25, -0.2) is 4.79 Å². The van der Waals surface area contributed by atoms with Crippen LogP contribution in [0.3, 0.4) is 0 Å². The molecule has 1 aromatic carbocycles. The highest BCUT2D eigenvalue weighted by Gasteiger charge is 2.43. The van der Waals surface area contributed by atoms with Crippen molar-refractivity contribution in [3.8, 4) is 6.07 Å². The van der Waals surface area contributed by atoms with Gasteiger partial charge in [-0.3, -0.25) is 0 Å². The van der Waals surface area contributed by atoms with E-state index in [1.165, 1.54) is 6.07 Å². The topological polar surface area (TPSA) is 61.1 Å². The lowest BCUT2D eigenvalue weighted by Gasteiger charge is -2.12. The number of rotatable bonds is 3. The van der Waals surface area contributed by atoms with Crippen molar-refractivity contribution < 1.29 is 23.1 Å². The molecule has 0 unspecified atom stereocenters. The number of benzene rings is 1. The highest BCUT2D eigenvalue weighted by molar-refractivity contribution is 5.88. The zero-order valence-corrected chi connectivity index (χ0v) is 9.79. The molecule has 1 N–H and O–H groups in total. The molecular formula is C13H10F3NO2. The van der Waals surface area contributed by atoms with Crippen molar-refractivity contribution in [3.05, 3.63) is 34.9 Å². The average molecular weight is 269 g/mol. The Morgan fingerprint density at radius 1 is 1.37 bits per heavy atom. The Morgan fingerprint density at radius 3 is 2.42 bits per heavy atom. The minimum absolute atomic E-state index is 0.160. The van der Waals surface area contributed by atoms with Crippen LogP contribution < -0.4 is 0 Å². The summed E-state index contributed by atoms with van der Waals surface area (Å²) in [5.41, 5.74) is -1.76. The minimum atomic E-state index is -4.59. The second kappa shape index (κ2) is 4.26. The number of halogens is 3. The van der Waals surface area contributed by atoms with Crippen molar-refractivity contribution in [3.63, 3.8) is 0 Å². The van der Waals surface area contributed by atoms with E-state index in [2.05, 4.69) is 6.07 Å². The maximum absolute atomic E-state index is 12.7. The van der Waals surface area contributed by atoms with E-state index in [0.29, 0.717) is 18.9 Å². The third kappa shape index (κ3) is 2.87. The minimum Gasteiger partial charge on any atom is -0.478 e. The Kier molecular flexibility index (Phi) is 3.01. The molecule has 0 aromatic heterocycles. The molecule has 0 heterocycles. The standard InChI is InChI=1S/C13H10F3NO2/c14-13(15,16)10-4-8(3-9(5-10)11(18)19)6-12(7-17)1-2-12/h3-5H,1-2,6H2,(H,18,19). The van der Waals surface area contributed by atoms with Gasteiger partial charge in [-0.2, -0.15) is 18.4 Å². The summed E-state index contributed by atoms with van der Waals surface area (Å²) in [5, 5.41) is 17.8. The van der Waals surface area contributed by atoms with Gasteiger partial charge >= 0.3 is 12.1 Å². The SMILES string of the molecule is N#CC1(Cc2cc(C(=O)O)cc(C(F)(F)F)c2)CC1. The van der Waals surface area contributed by atoms with Crippen LogP contribution in [0.5, 0.6) is 0 Å². The van der Waals surface area contributed by atoms with Gasteiger partial charge in [-0.05, 0) is 43.0 Å². The molecule has 1 aliphatic rings. The molecule has 0 saturated heterocycles. The largest absolute Gasteiger partial charge is 0.478 e. The van der Waals surface area contributed by atoms with Crippen molar-refractivity contribution in [2.75, 3.05) is 0 Å². The van der Waals surface area contributed by atoms with E-state index in [4.69, 9.17) is 10.4 Å². The van der Waals surface area contributed by atoms with E-state index >= 15 is 0 Å². The van der Waals surface area contributed by atoms with Crippen LogP contribution in [-0.4, -0.2) is 11.1 Å². The first-order chi connectivity index (χ1) is 8.76. The zero-order valence-electron chi connectivity index (χ0n) is 9.79. The van der Waals surface area contributed by atoms with E-state index in [0.717, 1.165) is 6.07 Å². The third-order valence-corrected chi connectivity index (χ3v) is 3.20. The first-order valence-electron chi connectivity index (χ1n) is 5.61. The molecule has 0 radical (unpaired) electrons. The number of nitriles is 1. The Hall–Kier alpha value is -2.03. The van der Waals surface area contributed by atoms with Gasteiger partial charge in [0.2, 0.25) is 0 Å². The lowest BCUT2D eigenvalue weighted by molar-refractivity contribution is -0.137. The van der Waals surface area contributed by atoms with E-state index in [9.17, 15) is 18.0 Å². The fraction of sp³-hybridized carbons (Fsp3) is 0.385. The van der Waals surface area contributed by atoms with E-state index < -0.39 is 28.7 Å². The number of aromatic carboxylic acids is 1. The molecule has 1 saturated carbocycles. The molecule has 0 spiro atoms. The molecule has 1 aromatic rings. The van der Waals surface area contributed by atoms with Gasteiger partial charge in [0.15, 0.2) is 0 Å². The van der Waals surface area contributed by atoms with Crippen molar-refractivity contribution in [2.45, 2.75) is 25.4 Å². The molecule has 0 atom stereocenters. The molecule has 2 rings (SSSR count). The zero-order chi connectivity index (χ0) is 14.3. The summed E-state index contributed by atoms with van der Waals surface area (Å²) in [7, 11) is 0. The Bertz CT molecular complexity index is 568. The van der Waals surface area contributed by atoms with Crippen molar-refractivity contribution >= 4 is 5.97 Å².